The Balaban J connectivity index is 2.11. The summed E-state index contributed by atoms with van der Waals surface area (Å²) in [4.78, 5) is 1.85. The third-order valence-electron chi connectivity index (χ3n) is 4.64. The molecule has 0 spiro atoms. The van der Waals surface area contributed by atoms with Crippen molar-refractivity contribution in [3.8, 4) is 17.6 Å². The molecule has 0 amide bonds. The van der Waals surface area contributed by atoms with Gasteiger partial charge in [-0.15, -0.1) is 5.10 Å². The van der Waals surface area contributed by atoms with Crippen molar-refractivity contribution in [1.29, 1.82) is 5.26 Å². The molecule has 0 saturated carbocycles. The number of nitriles is 1. The van der Waals surface area contributed by atoms with Crippen LogP contribution in [0.4, 0.5) is 5.82 Å². The summed E-state index contributed by atoms with van der Waals surface area (Å²) in [5.74, 6) is 1.75. The number of aliphatic hydroxyl groups is 1. The number of rotatable bonds is 3. The molecule has 0 saturated heterocycles. The molecule has 1 atom stereocenters. The zero-order valence-electron chi connectivity index (χ0n) is 14.7. The van der Waals surface area contributed by atoms with E-state index in [0.717, 1.165) is 16.8 Å². The fourth-order valence-corrected chi connectivity index (χ4v) is 3.19. The summed E-state index contributed by atoms with van der Waals surface area (Å²) >= 11 is 0. The van der Waals surface area contributed by atoms with Gasteiger partial charge in [0.15, 0.2) is 5.82 Å². The van der Waals surface area contributed by atoms with E-state index in [1.165, 1.54) is 0 Å². The van der Waals surface area contributed by atoms with E-state index in [4.69, 9.17) is 9.47 Å². The van der Waals surface area contributed by atoms with Crippen LogP contribution in [0, 0.1) is 25.2 Å². The number of β-amino-alcohol motifs (C(OH)–C–C–N with tert-alkyl or cyclic N) is 1. The summed E-state index contributed by atoms with van der Waals surface area (Å²) in [6.45, 7) is 4.41. The standard InChI is InChI=1S/C18H20N4O3/c1-10-11(2)20-21-18(12(10)7-19)22-8-13-15(24-3)5-6-16(25-4)17(13)14(23)9-22/h5-6,14,23H,8-9H2,1-4H3/t14-/m1/s1. The number of fused-ring (bicyclic) bond motifs is 1. The lowest BCUT2D eigenvalue weighted by Gasteiger charge is -2.35. The van der Waals surface area contributed by atoms with Crippen LogP contribution in [0.5, 0.6) is 11.5 Å². The number of hydrogen-bond acceptors (Lipinski definition) is 7. The maximum Gasteiger partial charge on any atom is 0.169 e. The minimum atomic E-state index is -0.788. The second-order valence-corrected chi connectivity index (χ2v) is 5.98. The highest BCUT2D eigenvalue weighted by Crippen LogP contribution is 2.40. The molecule has 3 rings (SSSR count). The number of hydrogen-bond donors (Lipinski definition) is 1. The Hall–Kier alpha value is -2.85. The van der Waals surface area contributed by atoms with E-state index in [2.05, 4.69) is 16.3 Å². The van der Waals surface area contributed by atoms with Gasteiger partial charge < -0.3 is 19.5 Å². The Bertz CT molecular complexity index is 860. The van der Waals surface area contributed by atoms with Gasteiger partial charge in [0, 0.05) is 17.7 Å². The molecule has 25 heavy (non-hydrogen) atoms. The van der Waals surface area contributed by atoms with Crippen molar-refractivity contribution in [1.82, 2.24) is 10.2 Å². The molecule has 0 bridgehead atoms. The van der Waals surface area contributed by atoms with Crippen LogP contribution < -0.4 is 14.4 Å². The number of methoxy groups -OCH3 is 2. The van der Waals surface area contributed by atoms with E-state index in [0.29, 0.717) is 41.5 Å². The van der Waals surface area contributed by atoms with E-state index in [1.54, 1.807) is 20.3 Å². The average Bonchev–Trinajstić information content (AvgIpc) is 2.62. The molecule has 130 valence electrons. The molecular formula is C18H20N4O3. The lowest BCUT2D eigenvalue weighted by molar-refractivity contribution is 0.169. The number of nitrogens with zero attached hydrogens (tertiary/aromatic N) is 4. The predicted molar refractivity (Wildman–Crippen MR) is 91.8 cm³/mol. The quantitative estimate of drug-likeness (QED) is 0.914. The molecule has 2 heterocycles. The summed E-state index contributed by atoms with van der Waals surface area (Å²) < 4.78 is 10.8. The second kappa shape index (κ2) is 6.57. The van der Waals surface area contributed by atoms with E-state index in [-0.39, 0.29) is 0 Å². The molecule has 0 radical (unpaired) electrons. The Kier molecular flexibility index (Phi) is 4.47. The van der Waals surface area contributed by atoms with Crippen molar-refractivity contribution in [2.75, 3.05) is 25.7 Å². The van der Waals surface area contributed by atoms with Crippen LogP contribution in [-0.4, -0.2) is 36.1 Å². The number of anilines is 1. The van der Waals surface area contributed by atoms with E-state index in [9.17, 15) is 10.4 Å². The fraction of sp³-hybridized carbons (Fsp3) is 0.389. The average molecular weight is 340 g/mol. The highest BCUT2D eigenvalue weighted by atomic mass is 16.5. The molecule has 1 N–H and O–H groups in total. The van der Waals surface area contributed by atoms with Crippen molar-refractivity contribution in [3.63, 3.8) is 0 Å². The molecule has 0 aliphatic carbocycles. The van der Waals surface area contributed by atoms with Gasteiger partial charge in [-0.25, -0.2) is 0 Å². The SMILES string of the molecule is COc1ccc(OC)c2c1CN(c1nnc(C)c(C)c1C#N)C[C@H]2O. The highest BCUT2D eigenvalue weighted by molar-refractivity contribution is 5.61. The maximum atomic E-state index is 10.7. The van der Waals surface area contributed by atoms with Crippen molar-refractivity contribution >= 4 is 5.82 Å². The topological polar surface area (TPSA) is 91.5 Å². The first-order chi connectivity index (χ1) is 12.0. The van der Waals surface area contributed by atoms with Gasteiger partial charge in [0.25, 0.3) is 0 Å². The lowest BCUT2D eigenvalue weighted by Crippen LogP contribution is -2.35. The molecule has 0 unspecified atom stereocenters. The van der Waals surface area contributed by atoms with Gasteiger partial charge >= 0.3 is 0 Å². The van der Waals surface area contributed by atoms with Gasteiger partial charge in [0.2, 0.25) is 0 Å². The largest absolute Gasteiger partial charge is 0.496 e. The van der Waals surface area contributed by atoms with Crippen molar-refractivity contribution in [2.45, 2.75) is 26.5 Å². The summed E-state index contributed by atoms with van der Waals surface area (Å²) in [5, 5.41) is 28.6. The number of aryl methyl sites for hydroxylation is 1. The summed E-state index contributed by atoms with van der Waals surface area (Å²) in [6.07, 6.45) is -0.788. The maximum absolute atomic E-state index is 10.7. The molecule has 1 aliphatic rings. The molecular weight excluding hydrogens is 320 g/mol. The van der Waals surface area contributed by atoms with Gasteiger partial charge in [-0.05, 0) is 31.5 Å². The second-order valence-electron chi connectivity index (χ2n) is 5.98. The smallest absolute Gasteiger partial charge is 0.169 e. The molecule has 1 aromatic heterocycles. The fourth-order valence-electron chi connectivity index (χ4n) is 3.19. The molecule has 1 aromatic carbocycles. The summed E-state index contributed by atoms with van der Waals surface area (Å²) in [6, 6.07) is 5.81. The Morgan fingerprint density at radius 3 is 2.52 bits per heavy atom. The van der Waals surface area contributed by atoms with Gasteiger partial charge in [-0.1, -0.05) is 0 Å². The normalized spacial score (nSPS) is 16.2. The van der Waals surface area contributed by atoms with Crippen LogP contribution in [0.15, 0.2) is 12.1 Å². The van der Waals surface area contributed by atoms with Crippen molar-refractivity contribution < 1.29 is 14.6 Å². The van der Waals surface area contributed by atoms with Crippen LogP contribution in [0.2, 0.25) is 0 Å². The minimum absolute atomic E-state index is 0.294. The highest BCUT2D eigenvalue weighted by Gasteiger charge is 2.32. The molecule has 7 heteroatoms. The van der Waals surface area contributed by atoms with E-state index in [1.807, 2.05) is 24.8 Å². The molecule has 7 nitrogen and oxygen atoms in total. The van der Waals surface area contributed by atoms with Crippen LogP contribution in [-0.2, 0) is 6.54 Å². The van der Waals surface area contributed by atoms with Crippen LogP contribution >= 0.6 is 0 Å². The van der Waals surface area contributed by atoms with Crippen molar-refractivity contribution in [2.24, 2.45) is 0 Å². The van der Waals surface area contributed by atoms with Gasteiger partial charge in [0.1, 0.15) is 29.2 Å². The first-order valence-electron chi connectivity index (χ1n) is 7.92. The van der Waals surface area contributed by atoms with Crippen molar-refractivity contribution in [3.05, 3.63) is 40.1 Å². The molecule has 0 fully saturated rings. The zero-order chi connectivity index (χ0) is 18.1. The van der Waals surface area contributed by atoms with E-state index >= 15 is 0 Å². The third-order valence-corrected chi connectivity index (χ3v) is 4.64. The summed E-state index contributed by atoms with van der Waals surface area (Å²) in [5.41, 5.74) is 3.53. The Labute approximate surface area is 146 Å². The van der Waals surface area contributed by atoms with Crippen LogP contribution in [0.25, 0.3) is 0 Å². The van der Waals surface area contributed by atoms with Gasteiger partial charge in [-0.2, -0.15) is 10.4 Å². The monoisotopic (exact) mass is 340 g/mol. The minimum Gasteiger partial charge on any atom is -0.496 e. The Morgan fingerprint density at radius 1 is 1.20 bits per heavy atom. The van der Waals surface area contributed by atoms with Crippen LogP contribution in [0.3, 0.4) is 0 Å². The number of benzene rings is 1. The number of aliphatic hydroxyl groups excluding tert-OH is 1. The van der Waals surface area contributed by atoms with Crippen LogP contribution in [0.1, 0.15) is 34.1 Å². The summed E-state index contributed by atoms with van der Waals surface area (Å²) in [7, 11) is 3.16. The predicted octanol–water partition coefficient (Wildman–Crippen LogP) is 2.04. The number of aromatic nitrogens is 2. The van der Waals surface area contributed by atoms with E-state index < -0.39 is 6.10 Å². The molecule has 1 aliphatic heterocycles. The lowest BCUT2D eigenvalue weighted by atomic mass is 9.94. The third kappa shape index (κ3) is 2.75. The number of ether oxygens (including phenoxy) is 2. The first-order valence-corrected chi connectivity index (χ1v) is 7.92. The Morgan fingerprint density at radius 2 is 1.88 bits per heavy atom. The van der Waals surface area contributed by atoms with Gasteiger partial charge in [0.05, 0.1) is 26.5 Å². The first kappa shape index (κ1) is 17.0. The van der Waals surface area contributed by atoms with Gasteiger partial charge in [-0.3, -0.25) is 0 Å². The molecule has 2 aromatic rings. The zero-order valence-corrected chi connectivity index (χ0v) is 14.7.